The zero-order chi connectivity index (χ0) is 32.5. The number of hydrogen-bond donors (Lipinski definition) is 1. The minimum atomic E-state index is 0.432. The van der Waals surface area contributed by atoms with Crippen LogP contribution < -0.4 is 0 Å². The third-order valence-electron chi connectivity index (χ3n) is 9.19. The molecule has 7 rings (SSSR count). The number of fused-ring (bicyclic) bond motifs is 3. The highest BCUT2D eigenvalue weighted by Crippen LogP contribution is 2.45. The van der Waals surface area contributed by atoms with Crippen LogP contribution in [0, 0.1) is 12.3 Å². The van der Waals surface area contributed by atoms with Gasteiger partial charge in [-0.2, -0.15) is 0 Å². The molecular weight excluding hydrogens is 567 g/mol. The van der Waals surface area contributed by atoms with Crippen molar-refractivity contribution in [1.82, 2.24) is 0 Å². The molecule has 0 aliphatic heterocycles. The number of allylic oxidation sites excluding steroid dienone is 3. The summed E-state index contributed by atoms with van der Waals surface area (Å²) in [6.07, 6.45) is 7.28. The van der Waals surface area contributed by atoms with Crippen LogP contribution in [0.2, 0.25) is 0 Å². The number of aryl methyl sites for hydroxylation is 1. The lowest BCUT2D eigenvalue weighted by molar-refractivity contribution is 1.47. The van der Waals surface area contributed by atoms with E-state index in [2.05, 4.69) is 136 Å². The smallest absolute Gasteiger partial charge is 0.0690 e. The Morgan fingerprint density at radius 1 is 0.532 bits per heavy atom. The van der Waals surface area contributed by atoms with Crippen LogP contribution in [-0.2, 0) is 0 Å². The Bertz CT molecular complexity index is 2360. The molecule has 0 bridgehead atoms. The van der Waals surface area contributed by atoms with Crippen LogP contribution in [0.1, 0.15) is 27.8 Å². The van der Waals surface area contributed by atoms with E-state index in [1.165, 1.54) is 54.6 Å². The first-order valence-corrected chi connectivity index (χ1v) is 15.9. The summed E-state index contributed by atoms with van der Waals surface area (Å²) in [6.45, 7) is 14.0. The summed E-state index contributed by atoms with van der Waals surface area (Å²) in [5.74, 6) is 0. The van der Waals surface area contributed by atoms with Crippen molar-refractivity contribution in [3.05, 3.63) is 187 Å². The average Bonchev–Trinajstić information content (AvgIpc) is 3.12. The van der Waals surface area contributed by atoms with E-state index in [0.717, 1.165) is 33.4 Å². The summed E-state index contributed by atoms with van der Waals surface area (Å²) in [7, 11) is 0. The van der Waals surface area contributed by atoms with Crippen LogP contribution >= 0.6 is 0 Å². The van der Waals surface area contributed by atoms with Gasteiger partial charge in [0.15, 0.2) is 0 Å². The van der Waals surface area contributed by atoms with Crippen molar-refractivity contribution in [2.75, 3.05) is 0 Å². The standard InChI is InChI=1S/C46H35N/c1-5-14-37(46(47)35-28-23-31(6-2)32(7-3)29-35)33-24-26-34(27-25-33)44-40-16-8-10-18-42(40)45(43-19-11-9-17-41(43)44)39-22-13-20-36-30(4)15-12-21-38(36)39/h5-29,47H,1-3H2,4H3/b37-14-,47-46?. The zero-order valence-electron chi connectivity index (χ0n) is 26.6. The van der Waals surface area contributed by atoms with Gasteiger partial charge in [0.25, 0.3) is 0 Å². The molecule has 0 saturated carbocycles. The molecule has 224 valence electrons. The second kappa shape index (κ2) is 12.4. The predicted molar refractivity (Wildman–Crippen MR) is 206 cm³/mol. The molecule has 7 aromatic carbocycles. The summed E-state index contributed by atoms with van der Waals surface area (Å²) in [5.41, 5.74) is 11.1. The highest BCUT2D eigenvalue weighted by molar-refractivity contribution is 6.31. The van der Waals surface area contributed by atoms with Gasteiger partial charge in [0.2, 0.25) is 0 Å². The normalized spacial score (nSPS) is 11.6. The molecule has 0 atom stereocenters. The molecule has 0 aliphatic rings. The van der Waals surface area contributed by atoms with Crippen molar-refractivity contribution in [2.24, 2.45) is 0 Å². The van der Waals surface area contributed by atoms with Crippen LogP contribution in [0.5, 0.6) is 0 Å². The van der Waals surface area contributed by atoms with Gasteiger partial charge in [-0.3, -0.25) is 5.41 Å². The van der Waals surface area contributed by atoms with Gasteiger partial charge in [0.05, 0.1) is 5.71 Å². The van der Waals surface area contributed by atoms with E-state index in [0.29, 0.717) is 5.71 Å². The second-order valence-corrected chi connectivity index (χ2v) is 11.8. The molecule has 0 heterocycles. The first-order valence-electron chi connectivity index (χ1n) is 15.9. The first-order chi connectivity index (χ1) is 23.0. The van der Waals surface area contributed by atoms with Crippen molar-refractivity contribution in [1.29, 1.82) is 5.41 Å². The number of nitrogens with one attached hydrogen (secondary N) is 1. The summed E-state index contributed by atoms with van der Waals surface area (Å²) < 4.78 is 0. The molecular formula is C46H35N. The lowest BCUT2D eigenvalue weighted by Gasteiger charge is -2.19. The zero-order valence-corrected chi connectivity index (χ0v) is 26.6. The molecule has 0 aromatic heterocycles. The van der Waals surface area contributed by atoms with Crippen LogP contribution in [0.15, 0.2) is 159 Å². The minimum absolute atomic E-state index is 0.432. The fraction of sp³-hybridized carbons (Fsp3) is 0.0217. The Hall–Kier alpha value is -6.05. The van der Waals surface area contributed by atoms with E-state index in [-0.39, 0.29) is 0 Å². The monoisotopic (exact) mass is 601 g/mol. The van der Waals surface area contributed by atoms with Crippen LogP contribution in [0.4, 0.5) is 0 Å². The second-order valence-electron chi connectivity index (χ2n) is 11.8. The molecule has 1 heteroatoms. The lowest BCUT2D eigenvalue weighted by atomic mass is 9.84. The summed E-state index contributed by atoms with van der Waals surface area (Å²) >= 11 is 0. The molecule has 1 nitrogen and oxygen atoms in total. The minimum Gasteiger partial charge on any atom is -0.300 e. The first kappa shape index (κ1) is 29.6. The lowest BCUT2D eigenvalue weighted by Crippen LogP contribution is -2.04. The molecule has 0 unspecified atom stereocenters. The molecule has 0 amide bonds. The third kappa shape index (κ3) is 5.13. The van der Waals surface area contributed by atoms with Gasteiger partial charge in [0.1, 0.15) is 0 Å². The number of hydrogen-bond acceptors (Lipinski definition) is 1. The van der Waals surface area contributed by atoms with Gasteiger partial charge in [-0.1, -0.05) is 165 Å². The fourth-order valence-electron chi connectivity index (χ4n) is 6.92. The quantitative estimate of drug-likeness (QED) is 0.102. The Kier molecular flexibility index (Phi) is 7.81. The van der Waals surface area contributed by atoms with E-state index < -0.39 is 0 Å². The SMILES string of the molecule is C=C/C=C(\C(=N)c1ccc(C=C)c(C=C)c1)c1ccc(-c2c3ccccc3c(-c3cccc4c(C)cccc34)c3ccccc23)cc1. The van der Waals surface area contributed by atoms with Crippen molar-refractivity contribution in [3.63, 3.8) is 0 Å². The van der Waals surface area contributed by atoms with Crippen LogP contribution in [-0.4, -0.2) is 5.71 Å². The Morgan fingerprint density at radius 3 is 1.70 bits per heavy atom. The van der Waals surface area contributed by atoms with E-state index in [9.17, 15) is 0 Å². The van der Waals surface area contributed by atoms with Crippen molar-refractivity contribution >= 4 is 55.8 Å². The maximum atomic E-state index is 9.16. The number of rotatable bonds is 8. The summed E-state index contributed by atoms with van der Waals surface area (Å²) in [4.78, 5) is 0. The van der Waals surface area contributed by atoms with Crippen molar-refractivity contribution < 1.29 is 0 Å². The Balaban J connectivity index is 1.39. The molecule has 0 fully saturated rings. The molecule has 0 aliphatic carbocycles. The Morgan fingerprint density at radius 2 is 1.09 bits per heavy atom. The number of benzene rings is 7. The highest BCUT2D eigenvalue weighted by Gasteiger charge is 2.19. The van der Waals surface area contributed by atoms with Crippen molar-refractivity contribution in [3.8, 4) is 22.3 Å². The topological polar surface area (TPSA) is 23.9 Å². The van der Waals surface area contributed by atoms with E-state index in [1.807, 2.05) is 30.4 Å². The van der Waals surface area contributed by atoms with Gasteiger partial charge >= 0.3 is 0 Å². The van der Waals surface area contributed by atoms with Crippen molar-refractivity contribution in [2.45, 2.75) is 6.92 Å². The van der Waals surface area contributed by atoms with E-state index in [4.69, 9.17) is 5.41 Å². The van der Waals surface area contributed by atoms with Crippen LogP contribution in [0.25, 0.3) is 72.3 Å². The molecule has 0 radical (unpaired) electrons. The largest absolute Gasteiger partial charge is 0.300 e. The fourth-order valence-corrected chi connectivity index (χ4v) is 6.92. The van der Waals surface area contributed by atoms with E-state index in [1.54, 1.807) is 12.2 Å². The van der Waals surface area contributed by atoms with Gasteiger partial charge in [-0.25, -0.2) is 0 Å². The maximum absolute atomic E-state index is 9.16. The molecule has 47 heavy (non-hydrogen) atoms. The van der Waals surface area contributed by atoms with Gasteiger partial charge < -0.3 is 0 Å². The average molecular weight is 602 g/mol. The third-order valence-corrected chi connectivity index (χ3v) is 9.19. The van der Waals surface area contributed by atoms with E-state index >= 15 is 0 Å². The van der Waals surface area contributed by atoms with Gasteiger partial charge in [0, 0.05) is 11.1 Å². The summed E-state index contributed by atoms with van der Waals surface area (Å²) in [6, 6.07) is 45.3. The maximum Gasteiger partial charge on any atom is 0.0690 e. The summed E-state index contributed by atoms with van der Waals surface area (Å²) in [5, 5.41) is 16.6. The predicted octanol–water partition coefficient (Wildman–Crippen LogP) is 12.7. The molecule has 7 aromatic rings. The van der Waals surface area contributed by atoms with Gasteiger partial charge in [-0.15, -0.1) is 0 Å². The molecule has 1 N–H and O–H groups in total. The Labute approximate surface area is 276 Å². The highest BCUT2D eigenvalue weighted by atomic mass is 14.4. The van der Waals surface area contributed by atoms with Crippen LogP contribution in [0.3, 0.4) is 0 Å². The van der Waals surface area contributed by atoms with Gasteiger partial charge in [-0.05, 0) is 89.8 Å². The molecule has 0 spiro atoms. The molecule has 0 saturated heterocycles.